The van der Waals surface area contributed by atoms with E-state index >= 15 is 0 Å². The van der Waals surface area contributed by atoms with E-state index in [2.05, 4.69) is 9.72 Å². The number of rotatable bonds is 1. The van der Waals surface area contributed by atoms with Crippen LogP contribution in [0, 0.1) is 6.92 Å². The van der Waals surface area contributed by atoms with Crippen molar-refractivity contribution in [3.05, 3.63) is 34.7 Å². The maximum atomic E-state index is 11.5. The van der Waals surface area contributed by atoms with Crippen molar-refractivity contribution < 1.29 is 9.53 Å². The molecule has 0 saturated heterocycles. The van der Waals surface area contributed by atoms with Crippen LogP contribution in [0.25, 0.3) is 5.65 Å². The number of hydrogen-bond acceptors (Lipinski definition) is 3. The van der Waals surface area contributed by atoms with Gasteiger partial charge in [0.1, 0.15) is 10.8 Å². The van der Waals surface area contributed by atoms with Crippen LogP contribution < -0.4 is 0 Å². The second kappa shape index (κ2) is 3.55. The van der Waals surface area contributed by atoms with Gasteiger partial charge in [-0.15, -0.1) is 0 Å². The van der Waals surface area contributed by atoms with Crippen LogP contribution in [-0.4, -0.2) is 22.5 Å². The molecule has 0 unspecified atom stereocenters. The van der Waals surface area contributed by atoms with Gasteiger partial charge in [0.15, 0.2) is 5.69 Å². The number of carbonyl (C=O) groups excluding carboxylic acids is 1. The van der Waals surface area contributed by atoms with Gasteiger partial charge in [-0.05, 0) is 19.1 Å². The van der Waals surface area contributed by atoms with E-state index < -0.39 is 5.97 Å². The van der Waals surface area contributed by atoms with Crippen molar-refractivity contribution in [2.45, 2.75) is 6.92 Å². The zero-order valence-electron chi connectivity index (χ0n) is 8.32. The molecule has 0 atom stereocenters. The highest BCUT2D eigenvalue weighted by molar-refractivity contribution is 6.30. The van der Waals surface area contributed by atoms with Gasteiger partial charge in [-0.1, -0.05) is 17.7 Å². The van der Waals surface area contributed by atoms with Crippen molar-refractivity contribution in [1.29, 1.82) is 0 Å². The smallest absolute Gasteiger partial charge is 0.357 e. The fourth-order valence-electron chi connectivity index (χ4n) is 1.50. The maximum absolute atomic E-state index is 11.5. The highest BCUT2D eigenvalue weighted by Gasteiger charge is 2.18. The van der Waals surface area contributed by atoms with Crippen LogP contribution >= 0.6 is 11.6 Å². The molecule has 4 nitrogen and oxygen atoms in total. The summed E-state index contributed by atoms with van der Waals surface area (Å²) >= 11 is 5.99. The largest absolute Gasteiger partial charge is 0.464 e. The minimum absolute atomic E-state index is 0.373. The first-order chi connectivity index (χ1) is 7.15. The molecule has 0 saturated carbocycles. The van der Waals surface area contributed by atoms with E-state index in [4.69, 9.17) is 11.6 Å². The first-order valence-electron chi connectivity index (χ1n) is 4.37. The molecule has 0 aromatic carbocycles. The third-order valence-electron chi connectivity index (χ3n) is 2.15. The molecule has 5 heteroatoms. The number of ether oxygens (including phenoxy) is 1. The fourth-order valence-corrected chi connectivity index (χ4v) is 1.75. The molecule has 0 radical (unpaired) electrons. The Balaban J connectivity index is 2.82. The molecule has 2 rings (SSSR count). The van der Waals surface area contributed by atoms with Crippen LogP contribution in [0.3, 0.4) is 0 Å². The molecular weight excluding hydrogens is 216 g/mol. The first kappa shape index (κ1) is 9.98. The number of pyridine rings is 1. The van der Waals surface area contributed by atoms with Crippen LogP contribution in [0.4, 0.5) is 0 Å². The van der Waals surface area contributed by atoms with E-state index in [1.165, 1.54) is 7.11 Å². The predicted octanol–water partition coefficient (Wildman–Crippen LogP) is 2.08. The van der Waals surface area contributed by atoms with Gasteiger partial charge in [0.25, 0.3) is 0 Å². The Morgan fingerprint density at radius 2 is 2.27 bits per heavy atom. The molecule has 0 spiro atoms. The highest BCUT2D eigenvalue weighted by Crippen LogP contribution is 2.18. The third kappa shape index (κ3) is 1.47. The number of halogens is 1. The summed E-state index contributed by atoms with van der Waals surface area (Å²) in [5.74, 6) is -0.437. The zero-order chi connectivity index (χ0) is 11.0. The van der Waals surface area contributed by atoms with Crippen LogP contribution in [0.5, 0.6) is 0 Å². The maximum Gasteiger partial charge on any atom is 0.357 e. The van der Waals surface area contributed by atoms with E-state index in [9.17, 15) is 4.79 Å². The molecule has 2 aromatic rings. The Morgan fingerprint density at radius 3 is 2.93 bits per heavy atom. The van der Waals surface area contributed by atoms with E-state index in [0.717, 1.165) is 0 Å². The summed E-state index contributed by atoms with van der Waals surface area (Å²) in [4.78, 5) is 15.7. The van der Waals surface area contributed by atoms with Crippen molar-refractivity contribution in [1.82, 2.24) is 9.38 Å². The molecule has 0 fully saturated rings. The second-order valence-electron chi connectivity index (χ2n) is 3.08. The van der Waals surface area contributed by atoms with E-state index in [0.29, 0.717) is 22.2 Å². The Hall–Kier alpha value is -1.55. The Labute approximate surface area is 91.4 Å². The van der Waals surface area contributed by atoms with Crippen molar-refractivity contribution >= 4 is 23.2 Å². The number of fused-ring (bicyclic) bond motifs is 1. The Morgan fingerprint density at radius 1 is 1.53 bits per heavy atom. The van der Waals surface area contributed by atoms with Gasteiger partial charge in [0.2, 0.25) is 0 Å². The van der Waals surface area contributed by atoms with Gasteiger partial charge in [-0.25, -0.2) is 9.78 Å². The summed E-state index contributed by atoms with van der Waals surface area (Å²) in [6, 6.07) is 5.26. The number of aromatic nitrogens is 2. The SMILES string of the molecule is COC(=O)c1c(C)nc2cccc(Cl)n12. The average Bonchev–Trinajstić information content (AvgIpc) is 2.55. The molecule has 78 valence electrons. The fraction of sp³-hybridized carbons (Fsp3) is 0.200. The predicted molar refractivity (Wildman–Crippen MR) is 56.3 cm³/mol. The molecule has 2 heterocycles. The number of methoxy groups -OCH3 is 1. The minimum Gasteiger partial charge on any atom is -0.464 e. The number of aryl methyl sites for hydroxylation is 1. The lowest BCUT2D eigenvalue weighted by Crippen LogP contribution is -2.07. The minimum atomic E-state index is -0.437. The standard InChI is InChI=1S/C10H9ClN2O2/c1-6-9(10(14)15-2)13-7(11)4-3-5-8(13)12-6/h3-5H,1-2H3. The molecule has 0 N–H and O–H groups in total. The Bertz CT molecular complexity index is 533. The van der Waals surface area contributed by atoms with Gasteiger partial charge in [0, 0.05) is 0 Å². The number of hydrogen-bond donors (Lipinski definition) is 0. The van der Waals surface area contributed by atoms with Gasteiger partial charge >= 0.3 is 5.97 Å². The van der Waals surface area contributed by atoms with Crippen molar-refractivity contribution in [3.8, 4) is 0 Å². The molecule has 0 bridgehead atoms. The number of esters is 1. The molecule has 2 aromatic heterocycles. The van der Waals surface area contributed by atoms with Gasteiger partial charge in [-0.2, -0.15) is 0 Å². The van der Waals surface area contributed by atoms with Crippen molar-refractivity contribution in [2.24, 2.45) is 0 Å². The van der Waals surface area contributed by atoms with Crippen LogP contribution in [0.2, 0.25) is 5.15 Å². The van der Waals surface area contributed by atoms with Crippen LogP contribution in [0.15, 0.2) is 18.2 Å². The summed E-state index contributed by atoms with van der Waals surface area (Å²) in [7, 11) is 1.33. The van der Waals surface area contributed by atoms with Crippen LogP contribution in [0.1, 0.15) is 16.2 Å². The van der Waals surface area contributed by atoms with Gasteiger partial charge < -0.3 is 4.74 Å². The molecule has 15 heavy (non-hydrogen) atoms. The lowest BCUT2D eigenvalue weighted by atomic mass is 10.3. The van der Waals surface area contributed by atoms with Crippen LogP contribution in [-0.2, 0) is 4.74 Å². The number of nitrogens with zero attached hydrogens (tertiary/aromatic N) is 2. The quantitative estimate of drug-likeness (QED) is 0.550. The summed E-state index contributed by atoms with van der Waals surface area (Å²) in [6.07, 6.45) is 0. The van der Waals surface area contributed by atoms with E-state index in [1.54, 1.807) is 29.5 Å². The topological polar surface area (TPSA) is 43.6 Å². The van der Waals surface area contributed by atoms with Gasteiger partial charge in [-0.3, -0.25) is 4.40 Å². The summed E-state index contributed by atoms with van der Waals surface area (Å²) in [5.41, 5.74) is 1.62. The second-order valence-corrected chi connectivity index (χ2v) is 3.47. The zero-order valence-corrected chi connectivity index (χ0v) is 9.08. The molecule has 0 aliphatic heterocycles. The summed E-state index contributed by atoms with van der Waals surface area (Å²) in [6.45, 7) is 1.75. The average molecular weight is 225 g/mol. The summed E-state index contributed by atoms with van der Waals surface area (Å²) < 4.78 is 6.25. The molecule has 0 aliphatic carbocycles. The first-order valence-corrected chi connectivity index (χ1v) is 4.75. The molecular formula is C10H9ClN2O2. The Kier molecular flexibility index (Phi) is 2.36. The highest BCUT2D eigenvalue weighted by atomic mass is 35.5. The lowest BCUT2D eigenvalue weighted by Gasteiger charge is -2.02. The molecule has 0 amide bonds. The third-order valence-corrected chi connectivity index (χ3v) is 2.44. The monoisotopic (exact) mass is 224 g/mol. The van der Waals surface area contributed by atoms with Crippen molar-refractivity contribution in [3.63, 3.8) is 0 Å². The van der Waals surface area contributed by atoms with Gasteiger partial charge in [0.05, 0.1) is 12.8 Å². The van der Waals surface area contributed by atoms with E-state index in [1.807, 2.05) is 0 Å². The molecule has 0 aliphatic rings. The van der Waals surface area contributed by atoms with E-state index in [-0.39, 0.29) is 0 Å². The summed E-state index contributed by atoms with van der Waals surface area (Å²) in [5, 5.41) is 0.438. The normalized spacial score (nSPS) is 10.6. The lowest BCUT2D eigenvalue weighted by molar-refractivity contribution is 0.0592. The number of imidazole rings is 1. The van der Waals surface area contributed by atoms with Crippen molar-refractivity contribution in [2.75, 3.05) is 7.11 Å². The number of carbonyl (C=O) groups is 1.